The lowest BCUT2D eigenvalue weighted by molar-refractivity contribution is -0.133. The number of carbonyl (C=O) groups is 1. The number of rotatable bonds is 4. The average molecular weight is 301 g/mol. The fourth-order valence-corrected chi connectivity index (χ4v) is 3.02. The number of methoxy groups -OCH3 is 1. The van der Waals surface area contributed by atoms with Crippen LogP contribution in [-0.4, -0.2) is 47.8 Å². The van der Waals surface area contributed by atoms with Crippen LogP contribution >= 0.6 is 0 Å². The lowest BCUT2D eigenvalue weighted by Crippen LogP contribution is -2.36. The zero-order valence-electron chi connectivity index (χ0n) is 12.7. The van der Waals surface area contributed by atoms with E-state index in [0.717, 1.165) is 5.75 Å². The van der Waals surface area contributed by atoms with Crippen molar-refractivity contribution in [3.63, 3.8) is 0 Å². The van der Waals surface area contributed by atoms with Crippen molar-refractivity contribution < 1.29 is 19.7 Å². The summed E-state index contributed by atoms with van der Waals surface area (Å²) in [5.74, 6) is -0.198. The molecule has 0 spiro atoms. The number of nitrogens with zero attached hydrogens (tertiary/aromatic N) is 1. The second kappa shape index (κ2) is 5.50. The normalized spacial score (nSPS) is 17.6. The topological polar surface area (TPSA) is 70.0 Å². The number of carboxylic acids is 1. The summed E-state index contributed by atoms with van der Waals surface area (Å²) in [6, 6.07) is 4.03. The second-order valence-electron chi connectivity index (χ2n) is 5.77. The predicted molar refractivity (Wildman–Crippen MR) is 83.9 cm³/mol. The molecule has 0 fully saturated rings. The van der Waals surface area contributed by atoms with Gasteiger partial charge in [0.25, 0.3) is 0 Å². The highest BCUT2D eigenvalue weighted by molar-refractivity contribution is 5.98. The van der Waals surface area contributed by atoms with Gasteiger partial charge in [-0.05, 0) is 47.4 Å². The summed E-state index contributed by atoms with van der Waals surface area (Å²) in [4.78, 5) is 13.2. The number of carboxylic acid groups (broad SMARTS) is 1. The minimum atomic E-state index is -1.04. The van der Waals surface area contributed by atoms with E-state index in [0.29, 0.717) is 19.5 Å². The van der Waals surface area contributed by atoms with Gasteiger partial charge in [0.2, 0.25) is 0 Å². The Morgan fingerprint density at radius 2 is 2.18 bits per heavy atom. The lowest BCUT2D eigenvalue weighted by atomic mass is 9.84. The molecule has 2 N–H and O–H groups in total. The maximum absolute atomic E-state index is 11.1. The van der Waals surface area contributed by atoms with Crippen LogP contribution in [0.15, 0.2) is 23.5 Å². The van der Waals surface area contributed by atoms with Crippen molar-refractivity contribution in [1.82, 2.24) is 4.90 Å². The molecule has 5 heteroatoms. The van der Waals surface area contributed by atoms with Crippen molar-refractivity contribution >= 4 is 17.6 Å². The average Bonchev–Trinajstić information content (AvgIpc) is 2.47. The van der Waals surface area contributed by atoms with Crippen molar-refractivity contribution in [2.45, 2.75) is 13.3 Å². The SMILES string of the molecule is COc1cc(C)c2c(c1)C(CN1CCC(O)=C(C(=O)O)C1)=C2. The number of aliphatic hydroxyl groups is 1. The van der Waals surface area contributed by atoms with Crippen LogP contribution in [0.2, 0.25) is 0 Å². The van der Waals surface area contributed by atoms with Gasteiger partial charge in [0.1, 0.15) is 11.5 Å². The molecule has 0 saturated carbocycles. The number of benzene rings is 1. The van der Waals surface area contributed by atoms with E-state index in [1.54, 1.807) is 7.11 Å². The number of fused-ring (bicyclic) bond motifs is 1. The van der Waals surface area contributed by atoms with E-state index in [1.165, 1.54) is 22.3 Å². The first kappa shape index (κ1) is 14.7. The van der Waals surface area contributed by atoms with Gasteiger partial charge < -0.3 is 14.9 Å². The molecule has 1 aromatic rings. The molecule has 5 nitrogen and oxygen atoms in total. The minimum absolute atomic E-state index is 0.00394. The molecule has 0 atom stereocenters. The van der Waals surface area contributed by atoms with Gasteiger partial charge in [0, 0.05) is 26.1 Å². The first-order valence-electron chi connectivity index (χ1n) is 7.26. The van der Waals surface area contributed by atoms with Gasteiger partial charge >= 0.3 is 5.97 Å². The fourth-order valence-electron chi connectivity index (χ4n) is 3.02. The molecule has 0 amide bonds. The molecule has 1 aromatic carbocycles. The molecule has 1 aliphatic heterocycles. The van der Waals surface area contributed by atoms with E-state index in [1.807, 2.05) is 17.0 Å². The van der Waals surface area contributed by atoms with Crippen LogP contribution in [0.3, 0.4) is 0 Å². The molecule has 3 rings (SSSR count). The maximum atomic E-state index is 11.1. The number of aryl methyl sites for hydroxylation is 1. The summed E-state index contributed by atoms with van der Waals surface area (Å²) in [5.41, 5.74) is 4.87. The molecule has 1 heterocycles. The molecule has 2 aliphatic rings. The first-order valence-corrected chi connectivity index (χ1v) is 7.26. The van der Waals surface area contributed by atoms with Crippen molar-refractivity contribution in [1.29, 1.82) is 0 Å². The van der Waals surface area contributed by atoms with Crippen molar-refractivity contribution in [3.05, 3.63) is 40.2 Å². The highest BCUT2D eigenvalue weighted by atomic mass is 16.5. The van der Waals surface area contributed by atoms with Gasteiger partial charge in [-0.25, -0.2) is 4.79 Å². The summed E-state index contributed by atoms with van der Waals surface area (Å²) < 4.78 is 5.31. The van der Waals surface area contributed by atoms with Crippen molar-refractivity contribution in [2.75, 3.05) is 26.7 Å². The van der Waals surface area contributed by atoms with E-state index < -0.39 is 5.97 Å². The summed E-state index contributed by atoms with van der Waals surface area (Å²) in [5, 5.41) is 18.8. The molecule has 0 saturated heterocycles. The molecular weight excluding hydrogens is 282 g/mol. The molecule has 0 bridgehead atoms. The van der Waals surface area contributed by atoms with Gasteiger partial charge in [-0.3, -0.25) is 4.90 Å². The zero-order valence-corrected chi connectivity index (χ0v) is 12.7. The van der Waals surface area contributed by atoms with E-state index in [9.17, 15) is 9.90 Å². The van der Waals surface area contributed by atoms with Crippen molar-refractivity contribution in [2.24, 2.45) is 0 Å². The molecule has 1 aliphatic carbocycles. The Labute approximate surface area is 129 Å². The molecule has 22 heavy (non-hydrogen) atoms. The van der Waals surface area contributed by atoms with E-state index in [-0.39, 0.29) is 17.9 Å². The van der Waals surface area contributed by atoms with Crippen LogP contribution in [0.25, 0.3) is 11.6 Å². The quantitative estimate of drug-likeness (QED) is 0.894. The zero-order chi connectivity index (χ0) is 15.9. The van der Waals surface area contributed by atoms with E-state index in [4.69, 9.17) is 9.84 Å². The highest BCUT2D eigenvalue weighted by Crippen LogP contribution is 2.38. The Morgan fingerprint density at radius 1 is 1.41 bits per heavy atom. The Balaban J connectivity index is 1.74. The molecule has 0 aromatic heterocycles. The third-order valence-corrected chi connectivity index (χ3v) is 4.31. The Bertz CT molecular complexity index is 703. The van der Waals surface area contributed by atoms with Gasteiger partial charge in [-0.15, -0.1) is 0 Å². The third-order valence-electron chi connectivity index (χ3n) is 4.31. The standard InChI is InChI=1S/C17H19NO4/c1-10-5-12(22-2)7-14-11(6-13(10)14)8-18-4-3-16(19)15(9-18)17(20)21/h5-7,19H,3-4,8-9H2,1-2H3,(H,20,21). The number of hydrogen-bond acceptors (Lipinski definition) is 4. The number of hydrogen-bond donors (Lipinski definition) is 2. The summed E-state index contributed by atoms with van der Waals surface area (Å²) in [6.45, 7) is 3.68. The van der Waals surface area contributed by atoms with Gasteiger partial charge in [0.15, 0.2) is 0 Å². The second-order valence-corrected chi connectivity index (χ2v) is 5.77. The monoisotopic (exact) mass is 301 g/mol. The van der Waals surface area contributed by atoms with Crippen LogP contribution in [-0.2, 0) is 4.79 Å². The number of ether oxygens (including phenoxy) is 1. The summed E-state index contributed by atoms with van der Waals surface area (Å²) >= 11 is 0. The third kappa shape index (κ3) is 2.48. The largest absolute Gasteiger partial charge is 0.512 e. The van der Waals surface area contributed by atoms with Crippen LogP contribution in [0, 0.1) is 6.92 Å². The predicted octanol–water partition coefficient (Wildman–Crippen LogP) is 2.46. The molecule has 116 valence electrons. The minimum Gasteiger partial charge on any atom is -0.512 e. The van der Waals surface area contributed by atoms with Crippen LogP contribution < -0.4 is 4.74 Å². The van der Waals surface area contributed by atoms with Gasteiger partial charge in [-0.1, -0.05) is 0 Å². The fraction of sp³-hybridized carbons (Fsp3) is 0.353. The maximum Gasteiger partial charge on any atom is 0.336 e. The van der Waals surface area contributed by atoms with E-state index >= 15 is 0 Å². The highest BCUT2D eigenvalue weighted by Gasteiger charge is 2.27. The van der Waals surface area contributed by atoms with Crippen LogP contribution in [0.1, 0.15) is 23.1 Å². The van der Waals surface area contributed by atoms with Crippen molar-refractivity contribution in [3.8, 4) is 5.75 Å². The summed E-state index contributed by atoms with van der Waals surface area (Å²) in [7, 11) is 1.65. The van der Waals surface area contributed by atoms with E-state index in [2.05, 4.69) is 13.0 Å². The summed E-state index contributed by atoms with van der Waals surface area (Å²) in [6.07, 6.45) is 2.53. The van der Waals surface area contributed by atoms with Crippen LogP contribution in [0.5, 0.6) is 5.75 Å². The number of aliphatic hydroxyl groups excluding tert-OH is 1. The van der Waals surface area contributed by atoms with Gasteiger partial charge in [0.05, 0.1) is 12.7 Å². The Hall–Kier alpha value is -2.27. The Kier molecular flexibility index (Phi) is 3.66. The Morgan fingerprint density at radius 3 is 2.86 bits per heavy atom. The van der Waals surface area contributed by atoms with Crippen LogP contribution in [0.4, 0.5) is 0 Å². The van der Waals surface area contributed by atoms with Gasteiger partial charge in [-0.2, -0.15) is 0 Å². The number of aliphatic carboxylic acids is 1. The smallest absolute Gasteiger partial charge is 0.336 e. The molecule has 0 radical (unpaired) electrons. The molecule has 0 unspecified atom stereocenters. The lowest BCUT2D eigenvalue weighted by Gasteiger charge is -2.31. The first-order chi connectivity index (χ1) is 10.5. The molecular formula is C17H19NO4.